The van der Waals surface area contributed by atoms with Crippen molar-refractivity contribution in [2.24, 2.45) is 7.05 Å². The van der Waals surface area contributed by atoms with Crippen LogP contribution in [0.3, 0.4) is 0 Å². The van der Waals surface area contributed by atoms with Gasteiger partial charge in [-0.25, -0.2) is 4.98 Å². The number of aryl methyl sites for hydroxylation is 2. The summed E-state index contributed by atoms with van der Waals surface area (Å²) < 4.78 is 1.74. The van der Waals surface area contributed by atoms with Gasteiger partial charge in [0.2, 0.25) is 0 Å². The standard InChI is InChI=1S/C23H29ClN8O/c1-15-21(14-31(4)29-15)28-22-12-20(18(24)13-26-22)27-19-6-5-16(11-17(19)23(33)25-2)32-9-7-30(3)8-10-32/h5-6,11-14H,7-10H2,1-4H3,(H,25,33)(H2,26,27,28). The van der Waals surface area contributed by atoms with Crippen molar-refractivity contribution in [3.63, 3.8) is 0 Å². The van der Waals surface area contributed by atoms with Gasteiger partial charge in [-0.3, -0.25) is 9.48 Å². The summed E-state index contributed by atoms with van der Waals surface area (Å²) in [7, 11) is 5.62. The smallest absolute Gasteiger partial charge is 0.253 e. The van der Waals surface area contributed by atoms with Gasteiger partial charge in [-0.1, -0.05) is 11.6 Å². The number of rotatable bonds is 6. The van der Waals surface area contributed by atoms with Crippen LogP contribution in [0.5, 0.6) is 0 Å². The lowest BCUT2D eigenvalue weighted by atomic mass is 10.1. The number of hydrogen-bond donors (Lipinski definition) is 3. The Labute approximate surface area is 198 Å². The number of amides is 1. The molecule has 1 saturated heterocycles. The van der Waals surface area contributed by atoms with E-state index in [9.17, 15) is 4.79 Å². The molecule has 1 aliphatic heterocycles. The van der Waals surface area contributed by atoms with Gasteiger partial charge in [0.1, 0.15) is 5.82 Å². The van der Waals surface area contributed by atoms with Gasteiger partial charge < -0.3 is 25.8 Å². The van der Waals surface area contributed by atoms with Gasteiger partial charge in [0, 0.05) is 58.2 Å². The van der Waals surface area contributed by atoms with E-state index in [0.29, 0.717) is 27.8 Å². The Morgan fingerprint density at radius 3 is 2.45 bits per heavy atom. The Kier molecular flexibility index (Phi) is 6.71. The summed E-state index contributed by atoms with van der Waals surface area (Å²) in [5.41, 5.74) is 4.63. The van der Waals surface area contributed by atoms with Gasteiger partial charge in [0.25, 0.3) is 5.91 Å². The van der Waals surface area contributed by atoms with E-state index in [1.54, 1.807) is 17.9 Å². The SMILES string of the molecule is CNC(=O)c1cc(N2CCN(C)CC2)ccc1Nc1cc(Nc2cn(C)nc2C)ncc1Cl. The van der Waals surface area contributed by atoms with Crippen LogP contribution in [0.1, 0.15) is 16.1 Å². The molecule has 0 spiro atoms. The van der Waals surface area contributed by atoms with Crippen molar-refractivity contribution in [3.8, 4) is 0 Å². The third kappa shape index (κ3) is 5.20. The zero-order chi connectivity index (χ0) is 23.5. The van der Waals surface area contributed by atoms with Crippen molar-refractivity contribution in [3.05, 3.63) is 52.9 Å². The predicted octanol–water partition coefficient (Wildman–Crippen LogP) is 3.38. The summed E-state index contributed by atoms with van der Waals surface area (Å²) in [6.45, 7) is 5.77. The Bertz CT molecular complexity index is 1150. The van der Waals surface area contributed by atoms with Gasteiger partial charge in [-0.2, -0.15) is 5.10 Å². The van der Waals surface area contributed by atoms with Crippen molar-refractivity contribution in [1.29, 1.82) is 0 Å². The van der Waals surface area contributed by atoms with E-state index < -0.39 is 0 Å². The lowest BCUT2D eigenvalue weighted by molar-refractivity contribution is 0.0964. The summed E-state index contributed by atoms with van der Waals surface area (Å²) >= 11 is 6.43. The van der Waals surface area contributed by atoms with Crippen molar-refractivity contribution in [2.45, 2.75) is 6.92 Å². The number of anilines is 5. The van der Waals surface area contributed by atoms with Crippen molar-refractivity contribution in [1.82, 2.24) is 25.0 Å². The van der Waals surface area contributed by atoms with Gasteiger partial charge >= 0.3 is 0 Å². The second-order valence-electron chi connectivity index (χ2n) is 8.20. The molecule has 174 valence electrons. The fraction of sp³-hybridized carbons (Fsp3) is 0.348. The van der Waals surface area contributed by atoms with Crippen LogP contribution in [0.4, 0.5) is 28.6 Å². The van der Waals surface area contributed by atoms with Gasteiger partial charge in [0.15, 0.2) is 0 Å². The van der Waals surface area contributed by atoms with Crippen LogP contribution in [-0.2, 0) is 7.05 Å². The maximum absolute atomic E-state index is 12.7. The van der Waals surface area contributed by atoms with Gasteiger partial charge in [0.05, 0.1) is 39.5 Å². The van der Waals surface area contributed by atoms with E-state index in [1.807, 2.05) is 44.4 Å². The second-order valence-corrected chi connectivity index (χ2v) is 8.61. The van der Waals surface area contributed by atoms with Crippen LogP contribution >= 0.6 is 11.6 Å². The minimum Gasteiger partial charge on any atom is -0.369 e. The highest BCUT2D eigenvalue weighted by Gasteiger charge is 2.18. The molecule has 3 N–H and O–H groups in total. The predicted molar refractivity (Wildman–Crippen MR) is 133 cm³/mol. The quantitative estimate of drug-likeness (QED) is 0.511. The molecule has 1 aliphatic rings. The molecule has 1 fully saturated rings. The van der Waals surface area contributed by atoms with Crippen LogP contribution in [0.25, 0.3) is 0 Å². The molecule has 0 unspecified atom stereocenters. The minimum atomic E-state index is -0.164. The number of hydrogen-bond acceptors (Lipinski definition) is 7. The molecule has 10 heteroatoms. The highest BCUT2D eigenvalue weighted by atomic mass is 35.5. The fourth-order valence-corrected chi connectivity index (χ4v) is 3.98. The van der Waals surface area contributed by atoms with E-state index in [4.69, 9.17) is 11.6 Å². The Morgan fingerprint density at radius 2 is 1.79 bits per heavy atom. The maximum atomic E-state index is 12.7. The van der Waals surface area contributed by atoms with E-state index in [1.165, 1.54) is 0 Å². The first-order valence-electron chi connectivity index (χ1n) is 10.8. The van der Waals surface area contributed by atoms with Crippen molar-refractivity contribution in [2.75, 3.05) is 55.8 Å². The molecule has 0 atom stereocenters. The molecule has 3 aromatic rings. The fourth-order valence-electron chi connectivity index (χ4n) is 3.83. The molecule has 0 saturated carbocycles. The first kappa shape index (κ1) is 22.9. The Hall–Kier alpha value is -3.30. The Balaban J connectivity index is 1.61. The lowest BCUT2D eigenvalue weighted by Gasteiger charge is -2.34. The molecule has 0 bridgehead atoms. The third-order valence-corrected chi connectivity index (χ3v) is 6.05. The monoisotopic (exact) mass is 468 g/mol. The number of nitrogens with zero attached hydrogens (tertiary/aromatic N) is 5. The topological polar surface area (TPSA) is 90.4 Å². The summed E-state index contributed by atoms with van der Waals surface area (Å²) in [6, 6.07) is 7.71. The van der Waals surface area contributed by atoms with Crippen LogP contribution in [0, 0.1) is 6.92 Å². The van der Waals surface area contributed by atoms with E-state index in [2.05, 4.69) is 42.9 Å². The highest BCUT2D eigenvalue weighted by molar-refractivity contribution is 6.33. The molecule has 1 aromatic carbocycles. The average Bonchev–Trinajstić information content (AvgIpc) is 3.12. The van der Waals surface area contributed by atoms with Gasteiger partial charge in [-0.15, -0.1) is 0 Å². The molecular weight excluding hydrogens is 440 g/mol. The van der Waals surface area contributed by atoms with Crippen LogP contribution in [0.15, 0.2) is 36.7 Å². The number of nitrogens with one attached hydrogen (secondary N) is 3. The second kappa shape index (κ2) is 9.68. The van der Waals surface area contributed by atoms with Crippen LogP contribution in [-0.4, -0.2) is 65.8 Å². The van der Waals surface area contributed by atoms with Crippen molar-refractivity contribution < 1.29 is 4.79 Å². The molecule has 9 nitrogen and oxygen atoms in total. The zero-order valence-corrected chi connectivity index (χ0v) is 20.1. The Morgan fingerprint density at radius 1 is 1.03 bits per heavy atom. The molecule has 2 aromatic heterocycles. The lowest BCUT2D eigenvalue weighted by Crippen LogP contribution is -2.44. The number of carbonyl (C=O) groups is 1. The molecule has 3 heterocycles. The maximum Gasteiger partial charge on any atom is 0.253 e. The molecule has 0 radical (unpaired) electrons. The van der Waals surface area contributed by atoms with Crippen LogP contribution in [0.2, 0.25) is 5.02 Å². The summed E-state index contributed by atoms with van der Waals surface area (Å²) in [5, 5.41) is 14.1. The molecule has 0 aliphatic carbocycles. The normalized spacial score (nSPS) is 14.3. The summed E-state index contributed by atoms with van der Waals surface area (Å²) in [5.74, 6) is 0.455. The number of likely N-dealkylation sites (N-methyl/N-ethyl adjacent to an activating group) is 1. The molecular formula is C23H29ClN8O. The first-order valence-corrected chi connectivity index (χ1v) is 11.2. The molecule has 4 rings (SSSR count). The number of benzene rings is 1. The molecule has 33 heavy (non-hydrogen) atoms. The number of aromatic nitrogens is 3. The average molecular weight is 469 g/mol. The van der Waals surface area contributed by atoms with E-state index in [0.717, 1.165) is 43.2 Å². The van der Waals surface area contributed by atoms with Crippen molar-refractivity contribution >= 4 is 46.1 Å². The molecule has 1 amide bonds. The number of pyridine rings is 1. The highest BCUT2D eigenvalue weighted by Crippen LogP contribution is 2.32. The van der Waals surface area contributed by atoms with E-state index in [-0.39, 0.29) is 5.91 Å². The van der Waals surface area contributed by atoms with E-state index >= 15 is 0 Å². The van der Waals surface area contributed by atoms with Crippen LogP contribution < -0.4 is 20.9 Å². The summed E-state index contributed by atoms with van der Waals surface area (Å²) in [6.07, 6.45) is 3.47. The number of halogens is 1. The third-order valence-electron chi connectivity index (χ3n) is 5.74. The van der Waals surface area contributed by atoms with Gasteiger partial charge in [-0.05, 0) is 32.2 Å². The zero-order valence-electron chi connectivity index (χ0n) is 19.3. The first-order chi connectivity index (χ1) is 15.8. The number of carbonyl (C=O) groups excluding carboxylic acids is 1. The summed E-state index contributed by atoms with van der Waals surface area (Å²) in [4.78, 5) is 21.7. The number of piperazine rings is 1. The minimum absolute atomic E-state index is 0.164. The largest absolute Gasteiger partial charge is 0.369 e.